The van der Waals surface area contributed by atoms with Gasteiger partial charge in [0.25, 0.3) is 0 Å². The van der Waals surface area contributed by atoms with Gasteiger partial charge in [0.2, 0.25) is 10.0 Å². The Labute approximate surface area is 219 Å². The van der Waals surface area contributed by atoms with Crippen molar-refractivity contribution in [2.45, 2.75) is 17.5 Å². The van der Waals surface area contributed by atoms with E-state index in [1.165, 1.54) is 16.4 Å². The first kappa shape index (κ1) is 24.8. The Kier molecular flexibility index (Phi) is 7.03. The summed E-state index contributed by atoms with van der Waals surface area (Å²) in [7, 11) is -3.57. The average Bonchev–Trinajstić information content (AvgIpc) is 3.11. The Morgan fingerprint density at radius 3 is 1.80 bits per heavy atom. The molecule has 1 aliphatic rings. The Balaban J connectivity index is 1.28. The van der Waals surface area contributed by atoms with Crippen molar-refractivity contribution in [3.05, 3.63) is 75.7 Å². The molecule has 184 valence electrons. The van der Waals surface area contributed by atoms with Crippen molar-refractivity contribution >= 4 is 66.6 Å². The van der Waals surface area contributed by atoms with Crippen LogP contribution in [0.2, 0.25) is 15.1 Å². The van der Waals surface area contributed by atoms with Crippen molar-refractivity contribution in [3.8, 4) is 0 Å². The highest BCUT2D eigenvalue weighted by molar-refractivity contribution is 7.89. The lowest BCUT2D eigenvalue weighted by atomic mass is 10.1. The lowest BCUT2D eigenvalue weighted by Gasteiger charge is -2.35. The highest BCUT2D eigenvalue weighted by Crippen LogP contribution is 2.33. The maximum absolute atomic E-state index is 12.9. The van der Waals surface area contributed by atoms with Gasteiger partial charge in [0.15, 0.2) is 0 Å². The molecule has 0 unspecified atom stereocenters. The van der Waals surface area contributed by atoms with Crippen molar-refractivity contribution in [2.75, 3.05) is 32.7 Å². The van der Waals surface area contributed by atoms with Gasteiger partial charge in [-0.05, 0) is 60.7 Å². The minimum absolute atomic E-state index is 0.238. The number of piperazine rings is 1. The van der Waals surface area contributed by atoms with E-state index >= 15 is 0 Å². The molecule has 4 aromatic rings. The minimum atomic E-state index is -3.57. The van der Waals surface area contributed by atoms with Crippen LogP contribution in [0.1, 0.15) is 0 Å². The van der Waals surface area contributed by atoms with E-state index in [-0.39, 0.29) is 4.90 Å². The predicted octanol–water partition coefficient (Wildman–Crippen LogP) is 5.12. The predicted molar refractivity (Wildman–Crippen MR) is 142 cm³/mol. The molecule has 0 radical (unpaired) electrons. The zero-order valence-corrected chi connectivity index (χ0v) is 21.8. The summed E-state index contributed by atoms with van der Waals surface area (Å²) in [6.45, 7) is 2.66. The number of sulfonamides is 1. The van der Waals surface area contributed by atoms with E-state index in [4.69, 9.17) is 34.8 Å². The van der Waals surface area contributed by atoms with Gasteiger partial charge in [-0.15, -0.1) is 0 Å². The molecule has 5 rings (SSSR count). The molecular weight excluding hydrogens is 529 g/mol. The van der Waals surface area contributed by atoms with Gasteiger partial charge in [0.1, 0.15) is 0 Å². The van der Waals surface area contributed by atoms with Gasteiger partial charge in [-0.25, -0.2) is 8.42 Å². The van der Waals surface area contributed by atoms with Crippen molar-refractivity contribution in [1.29, 1.82) is 0 Å². The maximum Gasteiger partial charge on any atom is 0.243 e. The fourth-order valence-corrected chi connectivity index (χ4v) is 6.61. The Hall–Kier alpha value is -1.84. The van der Waals surface area contributed by atoms with Crippen LogP contribution < -0.4 is 0 Å². The molecule has 0 saturated carbocycles. The number of hydrogen-bond donors (Lipinski definition) is 1. The molecule has 1 fully saturated rings. The van der Waals surface area contributed by atoms with Crippen molar-refractivity contribution in [1.82, 2.24) is 13.8 Å². The Bertz CT molecular complexity index is 1420. The largest absolute Gasteiger partial charge is 0.390 e. The fourth-order valence-electron chi connectivity index (χ4n) is 4.72. The number of fused-ring (bicyclic) bond motifs is 3. The van der Waals surface area contributed by atoms with Gasteiger partial charge in [0, 0.05) is 69.6 Å². The van der Waals surface area contributed by atoms with Gasteiger partial charge >= 0.3 is 0 Å². The number of β-amino-alcohol motifs (C(OH)–C–C–N with tert-alkyl or cyclic N) is 1. The van der Waals surface area contributed by atoms with E-state index in [2.05, 4.69) is 9.47 Å². The smallest absolute Gasteiger partial charge is 0.243 e. The quantitative estimate of drug-likeness (QED) is 0.361. The second-order valence-corrected chi connectivity index (χ2v) is 12.0. The number of aromatic nitrogens is 1. The molecule has 35 heavy (non-hydrogen) atoms. The summed E-state index contributed by atoms with van der Waals surface area (Å²) in [5, 5.41) is 14.7. The van der Waals surface area contributed by atoms with Crippen LogP contribution in [0.15, 0.2) is 65.6 Å². The van der Waals surface area contributed by atoms with Gasteiger partial charge in [0.05, 0.1) is 17.5 Å². The van der Waals surface area contributed by atoms with Gasteiger partial charge < -0.3 is 9.67 Å². The zero-order valence-electron chi connectivity index (χ0n) is 18.7. The van der Waals surface area contributed by atoms with Gasteiger partial charge in [-0.3, -0.25) is 4.90 Å². The summed E-state index contributed by atoms with van der Waals surface area (Å²) in [5.74, 6) is 0. The van der Waals surface area contributed by atoms with E-state index in [0.29, 0.717) is 54.3 Å². The summed E-state index contributed by atoms with van der Waals surface area (Å²) in [4.78, 5) is 2.34. The van der Waals surface area contributed by atoms with Gasteiger partial charge in [-0.2, -0.15) is 4.31 Å². The van der Waals surface area contributed by atoms with Crippen LogP contribution in [-0.2, 0) is 16.6 Å². The molecule has 1 N–H and O–H groups in total. The number of benzene rings is 3. The van der Waals surface area contributed by atoms with Crippen LogP contribution in [0, 0.1) is 0 Å². The first-order chi connectivity index (χ1) is 16.7. The summed E-state index contributed by atoms with van der Waals surface area (Å²) in [5.41, 5.74) is 1.95. The highest BCUT2D eigenvalue weighted by Gasteiger charge is 2.29. The molecule has 0 amide bonds. The minimum Gasteiger partial charge on any atom is -0.390 e. The van der Waals surface area contributed by atoms with E-state index in [1.807, 2.05) is 36.4 Å². The number of halogens is 3. The molecular formula is C25H24Cl3N3O3S. The third-order valence-electron chi connectivity index (χ3n) is 6.43. The van der Waals surface area contributed by atoms with Crippen molar-refractivity contribution in [3.63, 3.8) is 0 Å². The van der Waals surface area contributed by atoms with Crippen LogP contribution in [0.3, 0.4) is 0 Å². The highest BCUT2D eigenvalue weighted by atomic mass is 35.5. The molecule has 1 aliphatic heterocycles. The molecule has 1 saturated heterocycles. The first-order valence-corrected chi connectivity index (χ1v) is 13.8. The number of nitrogens with zero attached hydrogens (tertiary/aromatic N) is 3. The molecule has 10 heteroatoms. The maximum atomic E-state index is 12.9. The summed E-state index contributed by atoms with van der Waals surface area (Å²) in [6.07, 6.45) is -0.639. The lowest BCUT2D eigenvalue weighted by Crippen LogP contribution is -2.50. The van der Waals surface area contributed by atoms with E-state index in [1.54, 1.807) is 12.1 Å². The van der Waals surface area contributed by atoms with Crippen LogP contribution >= 0.6 is 34.8 Å². The Morgan fingerprint density at radius 2 is 1.26 bits per heavy atom. The average molecular weight is 553 g/mol. The van der Waals surface area contributed by atoms with Gasteiger partial charge in [-0.1, -0.05) is 34.8 Å². The van der Waals surface area contributed by atoms with Crippen molar-refractivity contribution < 1.29 is 13.5 Å². The molecule has 6 nitrogen and oxygen atoms in total. The third-order valence-corrected chi connectivity index (χ3v) is 9.07. The summed E-state index contributed by atoms with van der Waals surface area (Å²) >= 11 is 18.4. The first-order valence-electron chi connectivity index (χ1n) is 11.3. The topological polar surface area (TPSA) is 65.8 Å². The second kappa shape index (κ2) is 9.90. The molecule has 0 spiro atoms. The number of aliphatic hydroxyl groups excluding tert-OH is 1. The zero-order chi connectivity index (χ0) is 24.7. The van der Waals surface area contributed by atoms with E-state index in [0.717, 1.165) is 21.8 Å². The number of hydrogen-bond acceptors (Lipinski definition) is 4. The monoisotopic (exact) mass is 551 g/mol. The summed E-state index contributed by atoms with van der Waals surface area (Å²) < 4.78 is 29.4. The van der Waals surface area contributed by atoms with E-state index < -0.39 is 16.1 Å². The third kappa shape index (κ3) is 5.04. The molecule has 0 aliphatic carbocycles. The normalized spacial score (nSPS) is 16.8. The lowest BCUT2D eigenvalue weighted by molar-refractivity contribution is 0.0823. The molecule has 2 heterocycles. The van der Waals surface area contributed by atoms with Crippen molar-refractivity contribution in [2.24, 2.45) is 0 Å². The number of aliphatic hydroxyl groups is 1. The molecule has 3 aromatic carbocycles. The van der Waals surface area contributed by atoms with Crippen LogP contribution in [0.25, 0.3) is 21.8 Å². The van der Waals surface area contributed by atoms with Crippen LogP contribution in [0.5, 0.6) is 0 Å². The number of rotatable bonds is 6. The summed E-state index contributed by atoms with van der Waals surface area (Å²) in [6, 6.07) is 17.6. The van der Waals surface area contributed by atoms with Crippen LogP contribution in [0.4, 0.5) is 0 Å². The fraction of sp³-hybridized carbons (Fsp3) is 0.280. The molecule has 0 bridgehead atoms. The SMILES string of the molecule is O=S(=O)(c1ccc(Cl)cc1)N1CCN(C[C@H](O)Cn2c3ccc(Cl)cc3c3cc(Cl)ccc32)CC1. The van der Waals surface area contributed by atoms with E-state index in [9.17, 15) is 13.5 Å². The molecule has 1 atom stereocenters. The second-order valence-electron chi connectivity index (χ2n) is 8.75. The standard InChI is InChI=1S/C25H24Cl3N3O3S/c26-17-1-5-21(6-2-17)35(33,34)30-11-9-29(10-12-30)15-20(32)16-31-24-7-3-18(27)13-22(24)23-14-19(28)4-8-25(23)31/h1-8,13-14,20,32H,9-12,15-16H2/t20-/m0/s1. The Morgan fingerprint density at radius 1 is 0.743 bits per heavy atom. The molecule has 1 aromatic heterocycles. The van der Waals surface area contributed by atoms with Crippen LogP contribution in [-0.4, -0.2) is 66.1 Å².